The molecular weight excluding hydrogens is 356 g/mol. The molecule has 1 aromatic carbocycles. The van der Waals surface area contributed by atoms with Crippen LogP contribution in [0.4, 0.5) is 5.69 Å². The maximum absolute atomic E-state index is 13.1. The number of methoxy groups -OCH3 is 1. The third-order valence-electron chi connectivity index (χ3n) is 5.12. The van der Waals surface area contributed by atoms with E-state index >= 15 is 0 Å². The lowest BCUT2D eigenvalue weighted by Gasteiger charge is -2.35. The molecule has 2 atom stereocenters. The van der Waals surface area contributed by atoms with Crippen molar-refractivity contribution in [2.24, 2.45) is 5.92 Å². The van der Waals surface area contributed by atoms with Crippen molar-refractivity contribution in [2.75, 3.05) is 12.9 Å². The molecule has 1 heterocycles. The van der Waals surface area contributed by atoms with E-state index in [0.29, 0.717) is 17.2 Å². The number of rotatable bonds is 4. The molecular formula is C18H22N2O5S. The fourth-order valence-corrected chi connectivity index (χ4v) is 5.38. The summed E-state index contributed by atoms with van der Waals surface area (Å²) in [6, 6.07) is 4.93. The average molecular weight is 378 g/mol. The fourth-order valence-electron chi connectivity index (χ4n) is 3.76. The van der Waals surface area contributed by atoms with E-state index in [0.717, 1.165) is 25.7 Å². The van der Waals surface area contributed by atoms with Crippen LogP contribution in [0.15, 0.2) is 24.3 Å². The van der Waals surface area contributed by atoms with Gasteiger partial charge < -0.3 is 9.64 Å². The Kier molecular flexibility index (Phi) is 5.80. The molecule has 26 heavy (non-hydrogen) atoms. The molecule has 2 fully saturated rings. The summed E-state index contributed by atoms with van der Waals surface area (Å²) in [6.45, 7) is 0. The monoisotopic (exact) mass is 378 g/mol. The number of hydrogen-bond donors (Lipinski definition) is 0. The molecule has 0 radical (unpaired) electrons. The van der Waals surface area contributed by atoms with E-state index in [-0.39, 0.29) is 17.0 Å². The number of amides is 1. The number of esters is 1. The topological polar surface area (TPSA) is 89.8 Å². The summed E-state index contributed by atoms with van der Waals surface area (Å²) in [4.78, 5) is 37.3. The van der Waals surface area contributed by atoms with Crippen LogP contribution in [0.5, 0.6) is 0 Å². The SMILES string of the molecule is COC(=O)C1CSC(C2CCCCC2)N1C(=O)c1ccc([N+](=O)[O-])cc1. The van der Waals surface area contributed by atoms with Crippen LogP contribution in [-0.2, 0) is 9.53 Å². The highest BCUT2D eigenvalue weighted by molar-refractivity contribution is 8.00. The molecule has 0 spiro atoms. The first kappa shape index (κ1) is 18.7. The molecule has 0 aromatic heterocycles. The summed E-state index contributed by atoms with van der Waals surface area (Å²) >= 11 is 1.64. The van der Waals surface area contributed by atoms with Crippen LogP contribution in [0, 0.1) is 16.0 Å². The van der Waals surface area contributed by atoms with Gasteiger partial charge in [-0.1, -0.05) is 19.3 Å². The van der Waals surface area contributed by atoms with E-state index < -0.39 is 16.9 Å². The number of non-ortho nitro benzene ring substituents is 1. The molecule has 2 aliphatic rings. The molecule has 1 aliphatic carbocycles. The first-order valence-corrected chi connectivity index (χ1v) is 9.84. The molecule has 2 unspecified atom stereocenters. The van der Waals surface area contributed by atoms with Gasteiger partial charge in [0, 0.05) is 23.4 Å². The normalized spacial score (nSPS) is 23.7. The number of nitro groups is 1. The summed E-state index contributed by atoms with van der Waals surface area (Å²) in [5.74, 6) is 0.208. The Labute approximate surface area is 156 Å². The van der Waals surface area contributed by atoms with Crippen molar-refractivity contribution in [1.82, 2.24) is 4.90 Å². The van der Waals surface area contributed by atoms with Gasteiger partial charge in [-0.05, 0) is 30.9 Å². The average Bonchev–Trinajstić information content (AvgIpc) is 3.12. The molecule has 0 N–H and O–H groups in total. The standard InChI is InChI=1S/C18H22N2O5S/c1-25-18(22)15-11-26-17(13-5-3-2-4-6-13)19(15)16(21)12-7-9-14(10-8-12)20(23)24/h7-10,13,15,17H,2-6,11H2,1H3. The van der Waals surface area contributed by atoms with Crippen LogP contribution in [-0.4, -0.2) is 46.0 Å². The van der Waals surface area contributed by atoms with Gasteiger partial charge in [0.1, 0.15) is 6.04 Å². The van der Waals surface area contributed by atoms with Crippen molar-refractivity contribution in [1.29, 1.82) is 0 Å². The van der Waals surface area contributed by atoms with Gasteiger partial charge in [-0.25, -0.2) is 4.79 Å². The molecule has 8 heteroatoms. The summed E-state index contributed by atoms with van der Waals surface area (Å²) in [6.07, 6.45) is 5.60. The number of carbonyl (C=O) groups excluding carboxylic acids is 2. The minimum absolute atomic E-state index is 0.0536. The summed E-state index contributed by atoms with van der Waals surface area (Å²) < 4.78 is 4.90. The zero-order chi connectivity index (χ0) is 18.7. The summed E-state index contributed by atoms with van der Waals surface area (Å²) in [7, 11) is 1.33. The van der Waals surface area contributed by atoms with Gasteiger partial charge in [-0.3, -0.25) is 14.9 Å². The first-order chi connectivity index (χ1) is 12.5. The van der Waals surface area contributed by atoms with Gasteiger partial charge in [-0.2, -0.15) is 0 Å². The molecule has 7 nitrogen and oxygen atoms in total. The molecule has 1 aromatic rings. The van der Waals surface area contributed by atoms with Gasteiger partial charge in [-0.15, -0.1) is 11.8 Å². The van der Waals surface area contributed by atoms with Gasteiger partial charge in [0.15, 0.2) is 0 Å². The van der Waals surface area contributed by atoms with Crippen LogP contribution in [0.1, 0.15) is 42.5 Å². The number of carbonyl (C=O) groups is 2. The Morgan fingerprint density at radius 1 is 1.19 bits per heavy atom. The lowest BCUT2D eigenvalue weighted by Crippen LogP contribution is -2.48. The lowest BCUT2D eigenvalue weighted by atomic mass is 9.88. The Hall–Kier alpha value is -2.09. The highest BCUT2D eigenvalue weighted by Crippen LogP contribution is 2.41. The minimum atomic E-state index is -0.611. The quantitative estimate of drug-likeness (QED) is 0.454. The number of nitro benzene ring substituents is 1. The minimum Gasteiger partial charge on any atom is -0.467 e. The molecule has 0 bridgehead atoms. The predicted molar refractivity (Wildman–Crippen MR) is 97.9 cm³/mol. The number of benzene rings is 1. The molecule has 1 saturated heterocycles. The van der Waals surface area contributed by atoms with Gasteiger partial charge in [0.2, 0.25) is 0 Å². The maximum atomic E-state index is 13.1. The third-order valence-corrected chi connectivity index (χ3v) is 6.58. The van der Waals surface area contributed by atoms with Crippen molar-refractivity contribution in [2.45, 2.75) is 43.5 Å². The van der Waals surface area contributed by atoms with Crippen molar-refractivity contribution in [3.05, 3.63) is 39.9 Å². The highest BCUT2D eigenvalue weighted by atomic mass is 32.2. The van der Waals surface area contributed by atoms with Crippen LogP contribution >= 0.6 is 11.8 Å². The van der Waals surface area contributed by atoms with E-state index in [1.54, 1.807) is 16.7 Å². The Morgan fingerprint density at radius 2 is 1.85 bits per heavy atom. The van der Waals surface area contributed by atoms with Crippen LogP contribution in [0.25, 0.3) is 0 Å². The number of nitrogens with zero attached hydrogens (tertiary/aromatic N) is 2. The summed E-state index contributed by atoms with van der Waals surface area (Å²) in [5.41, 5.74) is 0.290. The van der Waals surface area contributed by atoms with Crippen LogP contribution in [0.3, 0.4) is 0 Å². The number of ether oxygens (including phenoxy) is 1. The van der Waals surface area contributed by atoms with E-state index in [2.05, 4.69) is 0 Å². The van der Waals surface area contributed by atoms with E-state index in [1.807, 2.05) is 0 Å². The van der Waals surface area contributed by atoms with E-state index in [1.165, 1.54) is 37.8 Å². The largest absolute Gasteiger partial charge is 0.467 e. The second-order valence-corrected chi connectivity index (χ2v) is 7.83. The van der Waals surface area contributed by atoms with Crippen LogP contribution < -0.4 is 0 Å². The second-order valence-electron chi connectivity index (χ2n) is 6.68. The Morgan fingerprint density at radius 3 is 2.42 bits per heavy atom. The first-order valence-electron chi connectivity index (χ1n) is 8.79. The zero-order valence-corrected chi connectivity index (χ0v) is 15.4. The van der Waals surface area contributed by atoms with Crippen molar-refractivity contribution in [3.8, 4) is 0 Å². The lowest BCUT2D eigenvalue weighted by molar-refractivity contribution is -0.384. The van der Waals surface area contributed by atoms with Gasteiger partial charge in [0.05, 0.1) is 17.4 Å². The Bertz CT molecular complexity index is 687. The highest BCUT2D eigenvalue weighted by Gasteiger charge is 2.45. The maximum Gasteiger partial charge on any atom is 0.329 e. The second kappa shape index (κ2) is 8.07. The van der Waals surface area contributed by atoms with E-state index in [4.69, 9.17) is 4.74 Å². The third kappa shape index (κ3) is 3.70. The predicted octanol–water partition coefficient (Wildman–Crippen LogP) is 3.23. The van der Waals surface area contributed by atoms with Crippen molar-refractivity contribution in [3.63, 3.8) is 0 Å². The zero-order valence-electron chi connectivity index (χ0n) is 14.6. The molecule has 3 rings (SSSR count). The van der Waals surface area contributed by atoms with Crippen molar-refractivity contribution >= 4 is 29.3 Å². The Balaban J connectivity index is 1.87. The van der Waals surface area contributed by atoms with Gasteiger partial charge >= 0.3 is 5.97 Å². The number of thioether (sulfide) groups is 1. The molecule has 1 saturated carbocycles. The van der Waals surface area contributed by atoms with Gasteiger partial charge in [0.25, 0.3) is 11.6 Å². The van der Waals surface area contributed by atoms with Crippen LogP contribution in [0.2, 0.25) is 0 Å². The molecule has 140 valence electrons. The fraction of sp³-hybridized carbons (Fsp3) is 0.556. The molecule has 1 amide bonds. The number of hydrogen-bond acceptors (Lipinski definition) is 6. The summed E-state index contributed by atoms with van der Waals surface area (Å²) in [5, 5.41) is 10.8. The van der Waals surface area contributed by atoms with E-state index in [9.17, 15) is 19.7 Å². The van der Waals surface area contributed by atoms with Crippen molar-refractivity contribution < 1.29 is 19.2 Å². The smallest absolute Gasteiger partial charge is 0.329 e. The molecule has 1 aliphatic heterocycles.